The highest BCUT2D eigenvalue weighted by Crippen LogP contribution is 2.31. The molecule has 1 aromatic heterocycles. The molecule has 152 valence electrons. The van der Waals surface area contributed by atoms with Crippen LogP contribution in [0.25, 0.3) is 10.9 Å². The molecule has 2 aromatic carbocycles. The molecule has 0 aliphatic carbocycles. The van der Waals surface area contributed by atoms with Gasteiger partial charge in [0.1, 0.15) is 17.2 Å². The van der Waals surface area contributed by atoms with Gasteiger partial charge in [-0.15, -0.1) is 0 Å². The van der Waals surface area contributed by atoms with Crippen molar-refractivity contribution in [1.82, 2.24) is 9.71 Å². The molecule has 1 atom stereocenters. The Morgan fingerprint density at radius 3 is 2.66 bits per heavy atom. The fourth-order valence-electron chi connectivity index (χ4n) is 3.10. The quantitative estimate of drug-likeness (QED) is 0.560. The van der Waals surface area contributed by atoms with Gasteiger partial charge in [-0.05, 0) is 68.3 Å². The number of fused-ring (bicyclic) bond motifs is 1. The Morgan fingerprint density at radius 2 is 1.93 bits per heavy atom. The number of nitrogens with one attached hydrogen (secondary N) is 1. The Labute approximate surface area is 174 Å². The van der Waals surface area contributed by atoms with E-state index in [0.717, 1.165) is 39.6 Å². The van der Waals surface area contributed by atoms with Crippen LogP contribution in [0.15, 0.2) is 59.6 Å². The third-order valence-corrected chi connectivity index (χ3v) is 5.35. The number of ether oxygens (including phenoxy) is 4. The molecular weight excluding hydrogens is 388 g/mol. The molecule has 3 aromatic rings. The molecule has 1 fully saturated rings. The van der Waals surface area contributed by atoms with Crippen LogP contribution < -0.4 is 14.2 Å². The van der Waals surface area contributed by atoms with Gasteiger partial charge in [-0.3, -0.25) is 9.71 Å². The minimum absolute atomic E-state index is 0.0682. The van der Waals surface area contributed by atoms with Crippen molar-refractivity contribution in [1.29, 1.82) is 0 Å². The smallest absolute Gasteiger partial charge is 0.163 e. The summed E-state index contributed by atoms with van der Waals surface area (Å²) in [6, 6.07) is 15.6. The number of aromatic nitrogens is 1. The first kappa shape index (κ1) is 20.0. The fourth-order valence-corrected chi connectivity index (χ4v) is 3.81. The summed E-state index contributed by atoms with van der Waals surface area (Å²) in [7, 11) is 1.64. The molecule has 0 radical (unpaired) electrons. The van der Waals surface area contributed by atoms with Crippen LogP contribution in [0.5, 0.6) is 17.2 Å². The van der Waals surface area contributed by atoms with Gasteiger partial charge < -0.3 is 18.9 Å². The number of methoxy groups -OCH3 is 1. The van der Waals surface area contributed by atoms with Gasteiger partial charge in [-0.25, -0.2) is 0 Å². The van der Waals surface area contributed by atoms with E-state index in [2.05, 4.69) is 9.71 Å². The van der Waals surface area contributed by atoms with Gasteiger partial charge in [0.15, 0.2) is 5.79 Å². The van der Waals surface area contributed by atoms with E-state index in [0.29, 0.717) is 6.61 Å². The monoisotopic (exact) mass is 412 g/mol. The highest BCUT2D eigenvalue weighted by Gasteiger charge is 2.32. The van der Waals surface area contributed by atoms with Crippen LogP contribution in [-0.2, 0) is 9.47 Å². The van der Waals surface area contributed by atoms with Gasteiger partial charge in [-0.1, -0.05) is 0 Å². The first-order valence-electron chi connectivity index (χ1n) is 9.44. The molecule has 1 N–H and O–H groups in total. The number of rotatable bonds is 7. The molecule has 6 nitrogen and oxygen atoms in total. The zero-order chi connectivity index (χ0) is 20.3. The Balaban J connectivity index is 1.35. The van der Waals surface area contributed by atoms with Crippen LogP contribution in [-0.4, -0.2) is 37.1 Å². The van der Waals surface area contributed by atoms with Crippen molar-refractivity contribution in [3.05, 3.63) is 54.7 Å². The predicted molar refractivity (Wildman–Crippen MR) is 114 cm³/mol. The van der Waals surface area contributed by atoms with Gasteiger partial charge in [0.25, 0.3) is 0 Å². The van der Waals surface area contributed by atoms with E-state index in [9.17, 15) is 0 Å². The summed E-state index contributed by atoms with van der Waals surface area (Å²) in [6.07, 6.45) is 1.81. The highest BCUT2D eigenvalue weighted by molar-refractivity contribution is 7.97. The maximum absolute atomic E-state index is 6.08. The molecular formula is C22H24N2O4S. The van der Waals surface area contributed by atoms with Crippen LogP contribution in [0.3, 0.4) is 0 Å². The Bertz CT molecular complexity index is 978. The molecule has 0 saturated carbocycles. The SMILES string of the molecule is COc1ccc2c(Oc3ccc(SNC[C@@H]4COC(C)(C)O4)cc3)ccnc2c1. The van der Waals surface area contributed by atoms with Crippen molar-refractivity contribution in [3.63, 3.8) is 0 Å². The average molecular weight is 413 g/mol. The standard InChI is InChI=1S/C22H24N2O4S/c1-22(2)26-14-17(28-22)13-24-29-18-7-4-15(5-8-18)27-21-10-11-23-20-12-16(25-3)6-9-19(20)21/h4-12,17,24H,13-14H2,1-3H3/t17-/m1/s1. The van der Waals surface area contributed by atoms with Crippen molar-refractivity contribution < 1.29 is 18.9 Å². The predicted octanol–water partition coefficient (Wildman–Crippen LogP) is 4.78. The lowest BCUT2D eigenvalue weighted by molar-refractivity contribution is -0.137. The first-order chi connectivity index (χ1) is 14.0. The van der Waals surface area contributed by atoms with Crippen LogP contribution >= 0.6 is 11.9 Å². The number of hydrogen-bond donors (Lipinski definition) is 1. The van der Waals surface area contributed by atoms with E-state index < -0.39 is 5.79 Å². The maximum atomic E-state index is 6.08. The molecule has 29 heavy (non-hydrogen) atoms. The molecule has 1 aliphatic rings. The minimum Gasteiger partial charge on any atom is -0.497 e. The van der Waals surface area contributed by atoms with E-state index in [4.69, 9.17) is 18.9 Å². The first-order valence-corrected chi connectivity index (χ1v) is 10.3. The Morgan fingerprint density at radius 1 is 1.14 bits per heavy atom. The van der Waals surface area contributed by atoms with E-state index in [1.165, 1.54) is 0 Å². The zero-order valence-corrected chi connectivity index (χ0v) is 17.5. The molecule has 0 bridgehead atoms. The maximum Gasteiger partial charge on any atom is 0.163 e. The second-order valence-electron chi connectivity index (χ2n) is 7.17. The second-order valence-corrected chi connectivity index (χ2v) is 8.13. The van der Waals surface area contributed by atoms with Crippen LogP contribution in [0.4, 0.5) is 0 Å². The minimum atomic E-state index is -0.488. The number of nitrogens with zero attached hydrogens (tertiary/aromatic N) is 1. The van der Waals surface area contributed by atoms with E-state index >= 15 is 0 Å². The zero-order valence-electron chi connectivity index (χ0n) is 16.7. The molecule has 0 amide bonds. The summed E-state index contributed by atoms with van der Waals surface area (Å²) >= 11 is 1.56. The number of benzene rings is 2. The van der Waals surface area contributed by atoms with Crippen LogP contribution in [0.2, 0.25) is 0 Å². The summed E-state index contributed by atoms with van der Waals surface area (Å²) in [5.74, 6) is 1.82. The lowest BCUT2D eigenvalue weighted by Gasteiger charge is -2.17. The topological polar surface area (TPSA) is 61.8 Å². The molecule has 0 spiro atoms. The average Bonchev–Trinajstić information content (AvgIpc) is 3.07. The van der Waals surface area contributed by atoms with Crippen LogP contribution in [0, 0.1) is 0 Å². The van der Waals surface area contributed by atoms with E-state index in [1.54, 1.807) is 25.3 Å². The van der Waals surface area contributed by atoms with Crippen molar-refractivity contribution >= 4 is 22.9 Å². The molecule has 1 aliphatic heterocycles. The molecule has 0 unspecified atom stereocenters. The Kier molecular flexibility index (Phi) is 5.91. The molecule has 7 heteroatoms. The number of hydrogen-bond acceptors (Lipinski definition) is 7. The summed E-state index contributed by atoms with van der Waals surface area (Å²) in [5, 5.41) is 0.940. The Hall–Kier alpha value is -2.32. The van der Waals surface area contributed by atoms with E-state index in [1.807, 2.05) is 62.4 Å². The summed E-state index contributed by atoms with van der Waals surface area (Å²) < 4.78 is 26.0. The summed E-state index contributed by atoms with van der Waals surface area (Å²) in [4.78, 5) is 5.49. The van der Waals surface area contributed by atoms with Gasteiger partial charge in [0.2, 0.25) is 0 Å². The lowest BCUT2D eigenvalue weighted by atomic mass is 10.2. The third kappa shape index (κ3) is 5.00. The normalized spacial score (nSPS) is 18.1. The molecule has 4 rings (SSSR count). The molecule has 1 saturated heterocycles. The summed E-state index contributed by atoms with van der Waals surface area (Å²) in [5.41, 5.74) is 0.833. The van der Waals surface area contributed by atoms with Crippen molar-refractivity contribution in [2.75, 3.05) is 20.3 Å². The largest absolute Gasteiger partial charge is 0.497 e. The lowest BCUT2D eigenvalue weighted by Crippen LogP contribution is -2.27. The molecule has 2 heterocycles. The van der Waals surface area contributed by atoms with Crippen molar-refractivity contribution in [3.8, 4) is 17.2 Å². The second kappa shape index (κ2) is 8.59. The van der Waals surface area contributed by atoms with Gasteiger partial charge in [-0.2, -0.15) is 0 Å². The fraction of sp³-hybridized carbons (Fsp3) is 0.318. The summed E-state index contributed by atoms with van der Waals surface area (Å²) in [6.45, 7) is 5.20. The third-order valence-electron chi connectivity index (χ3n) is 4.53. The van der Waals surface area contributed by atoms with Crippen molar-refractivity contribution in [2.24, 2.45) is 0 Å². The van der Waals surface area contributed by atoms with Crippen molar-refractivity contribution in [2.45, 2.75) is 30.6 Å². The van der Waals surface area contributed by atoms with Crippen LogP contribution in [0.1, 0.15) is 13.8 Å². The van der Waals surface area contributed by atoms with E-state index in [-0.39, 0.29) is 6.10 Å². The highest BCUT2D eigenvalue weighted by atomic mass is 32.2. The number of pyridine rings is 1. The van der Waals surface area contributed by atoms with Gasteiger partial charge in [0, 0.05) is 29.1 Å². The van der Waals surface area contributed by atoms with Gasteiger partial charge >= 0.3 is 0 Å². The van der Waals surface area contributed by atoms with Gasteiger partial charge in [0.05, 0.1) is 25.3 Å².